The van der Waals surface area contributed by atoms with Crippen molar-refractivity contribution in [3.8, 4) is 22.4 Å². The lowest BCUT2D eigenvalue weighted by Gasteiger charge is -2.20. The van der Waals surface area contributed by atoms with Gasteiger partial charge < -0.3 is 0 Å². The average molecular weight is 372 g/mol. The zero-order valence-corrected chi connectivity index (χ0v) is 16.5. The van der Waals surface area contributed by atoms with Crippen molar-refractivity contribution in [2.45, 2.75) is 19.3 Å². The van der Waals surface area contributed by atoms with E-state index in [0.717, 1.165) is 11.4 Å². The summed E-state index contributed by atoms with van der Waals surface area (Å²) < 4.78 is 0. The molecule has 6 rings (SSSR count). The summed E-state index contributed by atoms with van der Waals surface area (Å²) in [5.41, 5.74) is 6.90. The number of fused-ring (bicyclic) bond motifs is 5. The minimum absolute atomic E-state index is 0.156. The monoisotopic (exact) mass is 372 g/mol. The van der Waals surface area contributed by atoms with Crippen molar-refractivity contribution in [1.29, 1.82) is 0 Å². The van der Waals surface area contributed by atoms with Crippen LogP contribution in [0.25, 0.3) is 43.9 Å². The fourth-order valence-electron chi connectivity index (χ4n) is 4.84. The van der Waals surface area contributed by atoms with Gasteiger partial charge in [0.15, 0.2) is 0 Å². The van der Waals surface area contributed by atoms with Crippen LogP contribution in [-0.2, 0) is 5.41 Å². The maximum absolute atomic E-state index is 4.80. The Hall–Kier alpha value is -3.52. The third-order valence-electron chi connectivity index (χ3n) is 6.31. The van der Waals surface area contributed by atoms with Gasteiger partial charge in [-0.3, -0.25) is 0 Å². The molecule has 4 aromatic carbocycles. The second-order valence-corrected chi connectivity index (χ2v) is 8.34. The van der Waals surface area contributed by atoms with Gasteiger partial charge in [-0.25, -0.2) is 9.97 Å². The van der Waals surface area contributed by atoms with Gasteiger partial charge in [0.2, 0.25) is 0 Å². The van der Waals surface area contributed by atoms with Crippen molar-refractivity contribution < 1.29 is 0 Å². The summed E-state index contributed by atoms with van der Waals surface area (Å²) in [7, 11) is 0. The van der Waals surface area contributed by atoms with E-state index in [4.69, 9.17) is 9.97 Å². The van der Waals surface area contributed by atoms with Gasteiger partial charge >= 0.3 is 0 Å². The molecule has 1 aromatic heterocycles. The Labute approximate surface area is 169 Å². The minimum atomic E-state index is -0.156. The molecule has 1 aliphatic carbocycles. The van der Waals surface area contributed by atoms with Gasteiger partial charge in [-0.05, 0) is 44.8 Å². The summed E-state index contributed by atoms with van der Waals surface area (Å²) in [6.45, 7) is 4.54. The summed E-state index contributed by atoms with van der Waals surface area (Å²) in [6.07, 6.45) is 1.73. The zero-order chi connectivity index (χ0) is 19.6. The summed E-state index contributed by atoms with van der Waals surface area (Å²) >= 11 is 0. The van der Waals surface area contributed by atoms with Gasteiger partial charge in [0.25, 0.3) is 0 Å². The van der Waals surface area contributed by atoms with E-state index < -0.39 is 0 Å². The Bertz CT molecular complexity index is 1420. The van der Waals surface area contributed by atoms with Crippen LogP contribution in [0.4, 0.5) is 0 Å². The molecule has 1 heterocycles. The smallest absolute Gasteiger partial charge is 0.116 e. The first-order valence-electron chi connectivity index (χ1n) is 10.0. The molecule has 0 atom stereocenters. The van der Waals surface area contributed by atoms with Crippen LogP contribution in [0, 0.1) is 0 Å². The second kappa shape index (κ2) is 5.74. The van der Waals surface area contributed by atoms with Crippen molar-refractivity contribution >= 4 is 21.5 Å². The molecule has 138 valence electrons. The van der Waals surface area contributed by atoms with Crippen LogP contribution in [0.2, 0.25) is 0 Å². The van der Waals surface area contributed by atoms with Crippen molar-refractivity contribution in [1.82, 2.24) is 9.97 Å². The lowest BCUT2D eigenvalue weighted by atomic mass is 9.84. The largest absolute Gasteiger partial charge is 0.240 e. The molecule has 0 saturated carbocycles. The molecule has 0 spiro atoms. The lowest BCUT2D eigenvalue weighted by molar-refractivity contribution is 0.636. The van der Waals surface area contributed by atoms with E-state index in [1.165, 1.54) is 43.8 Å². The van der Waals surface area contributed by atoms with Crippen molar-refractivity contribution in [3.63, 3.8) is 0 Å². The molecule has 0 bridgehead atoms. The standard InChI is InChI=1S/C27H20N2/c1-27(2)23-15-19-10-4-3-9-18(19)14-22(23)24-25(28-16-29-26(24)27)21-13-7-11-17-8-5-6-12-20(17)21/h3-16H,1-2H3. The number of rotatable bonds is 1. The molecular weight excluding hydrogens is 352 g/mol. The summed E-state index contributed by atoms with van der Waals surface area (Å²) in [5.74, 6) is 0. The molecule has 0 amide bonds. The molecular formula is C27H20N2. The molecule has 0 N–H and O–H groups in total. The fraction of sp³-hybridized carbons (Fsp3) is 0.111. The normalized spacial score (nSPS) is 14.1. The highest BCUT2D eigenvalue weighted by atomic mass is 14.9. The Morgan fingerprint density at radius 2 is 1.34 bits per heavy atom. The first-order chi connectivity index (χ1) is 14.1. The van der Waals surface area contributed by atoms with E-state index in [1.54, 1.807) is 6.33 Å². The average Bonchev–Trinajstić information content (AvgIpc) is 2.99. The molecule has 0 saturated heterocycles. The maximum Gasteiger partial charge on any atom is 0.116 e. The molecule has 2 nitrogen and oxygen atoms in total. The third-order valence-corrected chi connectivity index (χ3v) is 6.31. The summed E-state index contributed by atoms with van der Waals surface area (Å²) in [6, 6.07) is 28.2. The van der Waals surface area contributed by atoms with Crippen LogP contribution < -0.4 is 0 Å². The van der Waals surface area contributed by atoms with E-state index in [9.17, 15) is 0 Å². The maximum atomic E-state index is 4.80. The number of nitrogens with zero attached hydrogens (tertiary/aromatic N) is 2. The number of hydrogen-bond acceptors (Lipinski definition) is 2. The van der Waals surface area contributed by atoms with E-state index in [1.807, 2.05) is 0 Å². The van der Waals surface area contributed by atoms with E-state index in [0.29, 0.717) is 0 Å². The Kier molecular flexibility index (Phi) is 3.25. The van der Waals surface area contributed by atoms with Crippen LogP contribution in [0.5, 0.6) is 0 Å². The fourth-order valence-corrected chi connectivity index (χ4v) is 4.84. The molecule has 0 fully saturated rings. The van der Waals surface area contributed by atoms with Crippen molar-refractivity contribution in [2.75, 3.05) is 0 Å². The van der Waals surface area contributed by atoms with Crippen LogP contribution >= 0.6 is 0 Å². The Morgan fingerprint density at radius 1 is 0.655 bits per heavy atom. The third kappa shape index (κ3) is 2.23. The molecule has 29 heavy (non-hydrogen) atoms. The van der Waals surface area contributed by atoms with Crippen molar-refractivity contribution in [3.05, 3.63) is 96.4 Å². The van der Waals surface area contributed by atoms with Gasteiger partial charge in [0.1, 0.15) is 6.33 Å². The zero-order valence-electron chi connectivity index (χ0n) is 16.5. The molecule has 0 radical (unpaired) electrons. The predicted molar refractivity (Wildman–Crippen MR) is 120 cm³/mol. The SMILES string of the molecule is CC1(C)c2cc3ccccc3cc2-c2c(-c3cccc4ccccc34)ncnc21. The van der Waals surface area contributed by atoms with E-state index in [-0.39, 0.29) is 5.41 Å². The predicted octanol–water partition coefficient (Wildman–Crippen LogP) is 6.76. The number of aromatic nitrogens is 2. The van der Waals surface area contributed by atoms with Gasteiger partial charge in [0.05, 0.1) is 11.4 Å². The van der Waals surface area contributed by atoms with Gasteiger partial charge in [-0.2, -0.15) is 0 Å². The lowest BCUT2D eigenvalue weighted by Crippen LogP contribution is -2.17. The molecule has 5 aromatic rings. The summed E-state index contributed by atoms with van der Waals surface area (Å²) in [4.78, 5) is 9.58. The van der Waals surface area contributed by atoms with Gasteiger partial charge in [-0.1, -0.05) is 80.6 Å². The van der Waals surface area contributed by atoms with Crippen LogP contribution in [-0.4, -0.2) is 9.97 Å². The molecule has 0 unspecified atom stereocenters. The highest BCUT2D eigenvalue weighted by Crippen LogP contribution is 2.52. The van der Waals surface area contributed by atoms with Crippen LogP contribution in [0.3, 0.4) is 0 Å². The Morgan fingerprint density at radius 3 is 2.17 bits per heavy atom. The van der Waals surface area contributed by atoms with Gasteiger partial charge in [-0.15, -0.1) is 0 Å². The van der Waals surface area contributed by atoms with Crippen molar-refractivity contribution in [2.24, 2.45) is 0 Å². The van der Waals surface area contributed by atoms with Crippen LogP contribution in [0.1, 0.15) is 25.1 Å². The topological polar surface area (TPSA) is 25.8 Å². The second-order valence-electron chi connectivity index (χ2n) is 8.34. The molecule has 0 aliphatic heterocycles. The number of hydrogen-bond donors (Lipinski definition) is 0. The molecule has 2 heteroatoms. The van der Waals surface area contributed by atoms with E-state index in [2.05, 4.69) is 92.7 Å². The Balaban J connectivity index is 1.73. The quantitative estimate of drug-likeness (QED) is 0.325. The first-order valence-corrected chi connectivity index (χ1v) is 10.0. The highest BCUT2D eigenvalue weighted by Gasteiger charge is 2.39. The minimum Gasteiger partial charge on any atom is -0.240 e. The summed E-state index contributed by atoms with van der Waals surface area (Å²) in [5, 5.41) is 4.98. The first kappa shape index (κ1) is 16.4. The molecule has 1 aliphatic rings. The highest BCUT2D eigenvalue weighted by molar-refractivity contribution is 6.02. The number of benzene rings is 4. The van der Waals surface area contributed by atoms with Crippen LogP contribution in [0.15, 0.2) is 85.2 Å². The van der Waals surface area contributed by atoms with Gasteiger partial charge in [0, 0.05) is 16.5 Å². The van der Waals surface area contributed by atoms with E-state index >= 15 is 0 Å².